The molecule has 0 bridgehead atoms. The molecule has 5 heteroatoms. The van der Waals surface area contributed by atoms with E-state index in [4.69, 9.17) is 5.73 Å². The molecule has 0 saturated heterocycles. The Morgan fingerprint density at radius 3 is 2.55 bits per heavy atom. The van der Waals surface area contributed by atoms with Gasteiger partial charge in [-0.25, -0.2) is 0 Å². The van der Waals surface area contributed by atoms with E-state index in [1.807, 2.05) is 20.8 Å². The maximum Gasteiger partial charge on any atom is 0.239 e. The van der Waals surface area contributed by atoms with E-state index in [1.54, 1.807) is 4.90 Å². The van der Waals surface area contributed by atoms with Crippen LogP contribution in [0.15, 0.2) is 0 Å². The molecule has 3 unspecified atom stereocenters. The van der Waals surface area contributed by atoms with E-state index in [9.17, 15) is 9.59 Å². The molecule has 0 radical (unpaired) electrons. The number of hydrogen-bond acceptors (Lipinski definition) is 3. The summed E-state index contributed by atoms with van der Waals surface area (Å²) >= 11 is 0. The number of nitrogens with one attached hydrogen (secondary N) is 1. The summed E-state index contributed by atoms with van der Waals surface area (Å²) in [6.45, 7) is 8.49. The molecular formula is C15H29N3O2. The summed E-state index contributed by atoms with van der Waals surface area (Å²) in [4.78, 5) is 26.1. The highest BCUT2D eigenvalue weighted by Crippen LogP contribution is 2.30. The normalized spacial score (nSPS) is 26.4. The van der Waals surface area contributed by atoms with E-state index < -0.39 is 0 Å². The predicted octanol–water partition coefficient (Wildman–Crippen LogP) is 1.12. The Hall–Kier alpha value is -1.10. The first-order valence-corrected chi connectivity index (χ1v) is 7.70. The molecule has 2 amide bonds. The minimum absolute atomic E-state index is 0.0365. The van der Waals surface area contributed by atoms with E-state index in [0.717, 1.165) is 19.3 Å². The van der Waals surface area contributed by atoms with Crippen molar-refractivity contribution in [2.24, 2.45) is 17.6 Å². The fourth-order valence-corrected chi connectivity index (χ4v) is 2.87. The molecule has 1 saturated carbocycles. The SMILES string of the molecule is CCN(CC(=O)NC(C)C)C(=O)C1CCCC(N)C1C. The highest BCUT2D eigenvalue weighted by molar-refractivity contribution is 5.86. The average Bonchev–Trinajstić information content (AvgIpc) is 2.37. The Morgan fingerprint density at radius 1 is 1.35 bits per heavy atom. The van der Waals surface area contributed by atoms with Crippen molar-refractivity contribution in [3.05, 3.63) is 0 Å². The molecule has 0 spiro atoms. The quantitative estimate of drug-likeness (QED) is 0.794. The van der Waals surface area contributed by atoms with Crippen LogP contribution in [0.4, 0.5) is 0 Å². The largest absolute Gasteiger partial charge is 0.352 e. The number of likely N-dealkylation sites (N-methyl/N-ethyl adjacent to an activating group) is 1. The third kappa shape index (κ3) is 4.47. The number of carbonyl (C=O) groups excluding carboxylic acids is 2. The van der Waals surface area contributed by atoms with Crippen molar-refractivity contribution >= 4 is 11.8 Å². The highest BCUT2D eigenvalue weighted by Gasteiger charge is 2.35. The number of rotatable bonds is 5. The Labute approximate surface area is 122 Å². The van der Waals surface area contributed by atoms with Gasteiger partial charge in [-0.15, -0.1) is 0 Å². The van der Waals surface area contributed by atoms with Gasteiger partial charge in [-0.2, -0.15) is 0 Å². The van der Waals surface area contributed by atoms with Gasteiger partial charge in [0, 0.05) is 24.5 Å². The van der Waals surface area contributed by atoms with Gasteiger partial charge in [0.2, 0.25) is 11.8 Å². The first-order chi connectivity index (χ1) is 9.36. The van der Waals surface area contributed by atoms with Crippen molar-refractivity contribution in [1.29, 1.82) is 0 Å². The summed E-state index contributed by atoms with van der Waals surface area (Å²) in [5.41, 5.74) is 6.07. The molecular weight excluding hydrogens is 254 g/mol. The zero-order valence-corrected chi connectivity index (χ0v) is 13.2. The van der Waals surface area contributed by atoms with Gasteiger partial charge in [0.05, 0.1) is 6.54 Å². The van der Waals surface area contributed by atoms with Gasteiger partial charge in [0.1, 0.15) is 0 Å². The molecule has 1 fully saturated rings. The highest BCUT2D eigenvalue weighted by atomic mass is 16.2. The summed E-state index contributed by atoms with van der Waals surface area (Å²) in [5.74, 6) is 0.140. The van der Waals surface area contributed by atoms with E-state index in [0.29, 0.717) is 6.54 Å². The van der Waals surface area contributed by atoms with Crippen LogP contribution in [-0.2, 0) is 9.59 Å². The minimum Gasteiger partial charge on any atom is -0.352 e. The monoisotopic (exact) mass is 283 g/mol. The lowest BCUT2D eigenvalue weighted by atomic mass is 9.76. The predicted molar refractivity (Wildman–Crippen MR) is 80.0 cm³/mol. The molecule has 0 heterocycles. The maximum absolute atomic E-state index is 12.6. The van der Waals surface area contributed by atoms with Gasteiger partial charge >= 0.3 is 0 Å². The fourth-order valence-electron chi connectivity index (χ4n) is 2.87. The molecule has 0 aromatic rings. The number of amides is 2. The zero-order valence-electron chi connectivity index (χ0n) is 13.2. The Kier molecular flexibility index (Phi) is 6.46. The molecule has 0 aromatic heterocycles. The lowest BCUT2D eigenvalue weighted by molar-refractivity contribution is -0.141. The summed E-state index contributed by atoms with van der Waals surface area (Å²) in [6.07, 6.45) is 2.87. The third-order valence-electron chi connectivity index (χ3n) is 4.16. The smallest absolute Gasteiger partial charge is 0.239 e. The van der Waals surface area contributed by atoms with Gasteiger partial charge < -0.3 is 16.0 Å². The van der Waals surface area contributed by atoms with E-state index in [2.05, 4.69) is 12.2 Å². The number of hydrogen-bond donors (Lipinski definition) is 2. The van der Waals surface area contributed by atoms with E-state index in [1.165, 1.54) is 0 Å². The second-order valence-electron chi connectivity index (χ2n) is 6.13. The van der Waals surface area contributed by atoms with Crippen molar-refractivity contribution < 1.29 is 9.59 Å². The lowest BCUT2D eigenvalue weighted by Crippen LogP contribution is -2.49. The first kappa shape index (κ1) is 17.0. The van der Waals surface area contributed by atoms with Crippen LogP contribution in [-0.4, -0.2) is 41.9 Å². The van der Waals surface area contributed by atoms with Crippen molar-refractivity contribution in [2.75, 3.05) is 13.1 Å². The molecule has 116 valence electrons. The second-order valence-corrected chi connectivity index (χ2v) is 6.13. The third-order valence-corrected chi connectivity index (χ3v) is 4.16. The molecule has 1 aliphatic carbocycles. The topological polar surface area (TPSA) is 75.4 Å². The standard InChI is InChI=1S/C15H29N3O2/c1-5-18(9-14(19)17-10(2)3)15(20)12-7-6-8-13(16)11(12)4/h10-13H,5-9,16H2,1-4H3,(H,17,19). The van der Waals surface area contributed by atoms with Crippen molar-refractivity contribution in [1.82, 2.24) is 10.2 Å². The van der Waals surface area contributed by atoms with Crippen LogP contribution in [0.1, 0.15) is 47.0 Å². The van der Waals surface area contributed by atoms with Crippen LogP contribution in [0, 0.1) is 11.8 Å². The Morgan fingerprint density at radius 2 is 2.00 bits per heavy atom. The Bertz CT molecular complexity index is 344. The van der Waals surface area contributed by atoms with Crippen LogP contribution in [0.3, 0.4) is 0 Å². The Balaban J connectivity index is 2.64. The van der Waals surface area contributed by atoms with Gasteiger partial charge in [-0.05, 0) is 39.5 Å². The van der Waals surface area contributed by atoms with Crippen LogP contribution in [0.5, 0.6) is 0 Å². The molecule has 5 nitrogen and oxygen atoms in total. The van der Waals surface area contributed by atoms with E-state index in [-0.39, 0.29) is 42.3 Å². The molecule has 1 aliphatic rings. The lowest BCUT2D eigenvalue weighted by Gasteiger charge is -2.36. The molecule has 20 heavy (non-hydrogen) atoms. The molecule has 1 rings (SSSR count). The zero-order chi connectivity index (χ0) is 15.3. The minimum atomic E-state index is -0.0945. The summed E-state index contributed by atoms with van der Waals surface area (Å²) in [5, 5.41) is 2.83. The molecule has 3 N–H and O–H groups in total. The van der Waals surface area contributed by atoms with Gasteiger partial charge in [0.15, 0.2) is 0 Å². The summed E-state index contributed by atoms with van der Waals surface area (Å²) in [6, 6.07) is 0.194. The van der Waals surface area contributed by atoms with Crippen LogP contribution in [0.25, 0.3) is 0 Å². The van der Waals surface area contributed by atoms with Crippen molar-refractivity contribution in [3.8, 4) is 0 Å². The first-order valence-electron chi connectivity index (χ1n) is 7.70. The maximum atomic E-state index is 12.6. The fraction of sp³-hybridized carbons (Fsp3) is 0.867. The van der Waals surface area contributed by atoms with Crippen LogP contribution < -0.4 is 11.1 Å². The number of carbonyl (C=O) groups is 2. The van der Waals surface area contributed by atoms with Crippen LogP contribution >= 0.6 is 0 Å². The molecule has 3 atom stereocenters. The number of nitrogens with two attached hydrogens (primary N) is 1. The second kappa shape index (κ2) is 7.62. The van der Waals surface area contributed by atoms with Crippen molar-refractivity contribution in [2.45, 2.75) is 59.0 Å². The average molecular weight is 283 g/mol. The molecule has 0 aromatic carbocycles. The van der Waals surface area contributed by atoms with E-state index >= 15 is 0 Å². The van der Waals surface area contributed by atoms with Gasteiger partial charge in [-0.1, -0.05) is 13.3 Å². The summed E-state index contributed by atoms with van der Waals surface area (Å²) in [7, 11) is 0. The summed E-state index contributed by atoms with van der Waals surface area (Å²) < 4.78 is 0. The van der Waals surface area contributed by atoms with Crippen LogP contribution in [0.2, 0.25) is 0 Å². The van der Waals surface area contributed by atoms with Crippen molar-refractivity contribution in [3.63, 3.8) is 0 Å². The molecule has 0 aliphatic heterocycles. The van der Waals surface area contributed by atoms with Gasteiger partial charge in [-0.3, -0.25) is 9.59 Å². The number of nitrogens with zero attached hydrogens (tertiary/aromatic N) is 1. The van der Waals surface area contributed by atoms with Gasteiger partial charge in [0.25, 0.3) is 0 Å².